The molecule has 23 heavy (non-hydrogen) atoms. The molecular formula is C17H24N4O2. The molecule has 1 aliphatic heterocycles. The molecule has 2 aromatic heterocycles. The first-order chi connectivity index (χ1) is 11.3. The Morgan fingerprint density at radius 1 is 1.39 bits per heavy atom. The second-order valence-corrected chi connectivity index (χ2v) is 5.76. The third-order valence-electron chi connectivity index (χ3n) is 4.31. The van der Waals surface area contributed by atoms with Gasteiger partial charge in [0, 0.05) is 50.2 Å². The molecule has 0 saturated carbocycles. The van der Waals surface area contributed by atoms with Crippen LogP contribution in [-0.2, 0) is 24.4 Å². The summed E-state index contributed by atoms with van der Waals surface area (Å²) >= 11 is 0. The second kappa shape index (κ2) is 7.57. The third-order valence-corrected chi connectivity index (χ3v) is 4.31. The lowest BCUT2D eigenvalue weighted by atomic mass is 10.1. The number of hydrogen-bond donors (Lipinski definition) is 0. The normalized spacial score (nSPS) is 18.4. The van der Waals surface area contributed by atoms with E-state index in [4.69, 9.17) is 9.47 Å². The number of aromatic nitrogens is 3. The van der Waals surface area contributed by atoms with E-state index >= 15 is 0 Å². The molecule has 3 heterocycles. The van der Waals surface area contributed by atoms with Gasteiger partial charge in [0.1, 0.15) is 0 Å². The maximum Gasteiger partial charge on any atom is 0.217 e. The van der Waals surface area contributed by atoms with Crippen molar-refractivity contribution in [3.8, 4) is 5.88 Å². The fourth-order valence-corrected chi connectivity index (χ4v) is 3.06. The van der Waals surface area contributed by atoms with Crippen molar-refractivity contribution in [1.29, 1.82) is 0 Å². The minimum absolute atomic E-state index is 0.375. The Kier molecular flexibility index (Phi) is 5.25. The molecule has 0 N–H and O–H groups in total. The smallest absolute Gasteiger partial charge is 0.217 e. The fraction of sp³-hybridized carbons (Fsp3) is 0.529. The fourth-order valence-electron chi connectivity index (χ4n) is 3.06. The van der Waals surface area contributed by atoms with Crippen molar-refractivity contribution in [1.82, 2.24) is 19.4 Å². The largest absolute Gasteiger partial charge is 0.481 e. The van der Waals surface area contributed by atoms with E-state index in [-0.39, 0.29) is 0 Å². The zero-order chi connectivity index (χ0) is 16.1. The number of fused-ring (bicyclic) bond motifs is 1. The number of rotatable bonds is 6. The van der Waals surface area contributed by atoms with Gasteiger partial charge in [0.25, 0.3) is 0 Å². The molecule has 0 fully saturated rings. The Balaban J connectivity index is 1.82. The molecule has 1 atom stereocenters. The quantitative estimate of drug-likeness (QED) is 0.817. The van der Waals surface area contributed by atoms with E-state index in [1.807, 2.05) is 25.5 Å². The predicted molar refractivity (Wildman–Crippen MR) is 87.2 cm³/mol. The summed E-state index contributed by atoms with van der Waals surface area (Å²) in [5, 5.41) is 0. The van der Waals surface area contributed by atoms with Gasteiger partial charge in [-0.05, 0) is 19.4 Å². The second-order valence-electron chi connectivity index (χ2n) is 5.76. The van der Waals surface area contributed by atoms with Crippen LogP contribution in [0, 0.1) is 0 Å². The van der Waals surface area contributed by atoms with Gasteiger partial charge in [-0.2, -0.15) is 0 Å². The lowest BCUT2D eigenvalue weighted by Gasteiger charge is -2.29. The number of nitrogens with zero attached hydrogens (tertiary/aromatic N) is 4. The molecule has 6 heteroatoms. The molecule has 0 radical (unpaired) electrons. The number of ether oxygens (including phenoxy) is 2. The van der Waals surface area contributed by atoms with Crippen LogP contribution in [0.5, 0.6) is 5.88 Å². The van der Waals surface area contributed by atoms with Gasteiger partial charge in [-0.15, -0.1) is 0 Å². The number of hydrogen-bond acceptors (Lipinski definition) is 5. The summed E-state index contributed by atoms with van der Waals surface area (Å²) in [6.45, 7) is 6.16. The molecule has 6 nitrogen and oxygen atoms in total. The first-order valence-electron chi connectivity index (χ1n) is 8.10. The molecule has 0 saturated heterocycles. The zero-order valence-electron chi connectivity index (χ0n) is 13.8. The highest BCUT2D eigenvalue weighted by Gasteiger charge is 2.25. The average molecular weight is 316 g/mol. The topological polar surface area (TPSA) is 52.4 Å². The van der Waals surface area contributed by atoms with Crippen molar-refractivity contribution in [3.63, 3.8) is 0 Å². The summed E-state index contributed by atoms with van der Waals surface area (Å²) in [5.41, 5.74) is 2.34. The van der Waals surface area contributed by atoms with Crippen LogP contribution in [0.15, 0.2) is 30.9 Å². The molecule has 2 aromatic rings. The Morgan fingerprint density at radius 3 is 3.13 bits per heavy atom. The molecule has 3 rings (SSSR count). The number of aryl methyl sites for hydroxylation is 1. The molecule has 0 amide bonds. The van der Waals surface area contributed by atoms with Crippen LogP contribution in [0.25, 0.3) is 0 Å². The summed E-state index contributed by atoms with van der Waals surface area (Å²) < 4.78 is 13.4. The average Bonchev–Trinajstić information content (AvgIpc) is 2.95. The molecular weight excluding hydrogens is 292 g/mol. The molecule has 1 aliphatic rings. The van der Waals surface area contributed by atoms with Crippen LogP contribution in [0.2, 0.25) is 0 Å². The van der Waals surface area contributed by atoms with Crippen LogP contribution in [0.3, 0.4) is 0 Å². The molecule has 0 aliphatic carbocycles. The van der Waals surface area contributed by atoms with Gasteiger partial charge in [-0.25, -0.2) is 9.97 Å². The number of pyridine rings is 1. The van der Waals surface area contributed by atoms with Crippen LogP contribution in [0.4, 0.5) is 0 Å². The van der Waals surface area contributed by atoms with E-state index in [1.54, 1.807) is 13.3 Å². The minimum Gasteiger partial charge on any atom is -0.481 e. The summed E-state index contributed by atoms with van der Waals surface area (Å²) in [4.78, 5) is 11.0. The van der Waals surface area contributed by atoms with Gasteiger partial charge in [-0.1, -0.05) is 6.07 Å². The Labute approximate surface area is 137 Å². The highest BCUT2D eigenvalue weighted by molar-refractivity contribution is 5.25. The standard InChI is InChI=1S/C17H24N4O2/c1-3-23-12-15-6-8-20-13-18-9-16(20)11-21(15)10-14-5-4-7-19-17(14)22-2/h4-5,7,9,13,15H,3,6,8,10-12H2,1-2H3/t15-/m0/s1. The van der Waals surface area contributed by atoms with E-state index in [9.17, 15) is 0 Å². The van der Waals surface area contributed by atoms with Crippen molar-refractivity contribution in [2.24, 2.45) is 0 Å². The first kappa shape index (κ1) is 16.0. The Bertz CT molecular complexity index is 629. The molecule has 0 unspecified atom stereocenters. The predicted octanol–water partition coefficient (Wildman–Crippen LogP) is 2.10. The maximum atomic E-state index is 5.72. The Morgan fingerprint density at radius 2 is 2.30 bits per heavy atom. The van der Waals surface area contributed by atoms with Crippen LogP contribution < -0.4 is 4.74 Å². The van der Waals surface area contributed by atoms with Crippen molar-refractivity contribution in [3.05, 3.63) is 42.1 Å². The van der Waals surface area contributed by atoms with E-state index in [0.717, 1.165) is 44.8 Å². The molecule has 124 valence electrons. The van der Waals surface area contributed by atoms with Crippen molar-refractivity contribution in [2.45, 2.75) is 39.0 Å². The highest BCUT2D eigenvalue weighted by Crippen LogP contribution is 2.23. The lowest BCUT2D eigenvalue weighted by molar-refractivity contribution is 0.0554. The van der Waals surface area contributed by atoms with E-state index < -0.39 is 0 Å². The SMILES string of the molecule is CCOC[C@@H]1CCn2cncc2CN1Cc1cccnc1OC. The van der Waals surface area contributed by atoms with Gasteiger partial charge >= 0.3 is 0 Å². The lowest BCUT2D eigenvalue weighted by Crippen LogP contribution is -2.37. The zero-order valence-corrected chi connectivity index (χ0v) is 13.8. The number of imidazole rings is 1. The van der Waals surface area contributed by atoms with Crippen molar-refractivity contribution in [2.75, 3.05) is 20.3 Å². The molecule has 0 spiro atoms. The summed E-state index contributed by atoms with van der Waals surface area (Å²) in [6.07, 6.45) is 6.68. The van der Waals surface area contributed by atoms with Gasteiger partial charge in [0.15, 0.2) is 0 Å². The van der Waals surface area contributed by atoms with Crippen molar-refractivity contribution >= 4 is 0 Å². The monoisotopic (exact) mass is 316 g/mol. The van der Waals surface area contributed by atoms with Gasteiger partial charge in [0.05, 0.1) is 25.7 Å². The highest BCUT2D eigenvalue weighted by atomic mass is 16.5. The first-order valence-corrected chi connectivity index (χ1v) is 8.10. The van der Waals surface area contributed by atoms with Crippen molar-refractivity contribution < 1.29 is 9.47 Å². The summed E-state index contributed by atoms with van der Waals surface area (Å²) in [7, 11) is 1.67. The van der Waals surface area contributed by atoms with Crippen LogP contribution in [-0.4, -0.2) is 45.8 Å². The maximum absolute atomic E-state index is 5.72. The van der Waals surface area contributed by atoms with Gasteiger partial charge in [0.2, 0.25) is 5.88 Å². The minimum atomic E-state index is 0.375. The summed E-state index contributed by atoms with van der Waals surface area (Å²) in [6, 6.07) is 4.41. The van der Waals surface area contributed by atoms with Crippen LogP contribution >= 0.6 is 0 Å². The molecule has 0 bridgehead atoms. The summed E-state index contributed by atoms with van der Waals surface area (Å²) in [5.74, 6) is 0.695. The van der Waals surface area contributed by atoms with Gasteiger partial charge < -0.3 is 14.0 Å². The van der Waals surface area contributed by atoms with Crippen LogP contribution in [0.1, 0.15) is 24.6 Å². The van der Waals surface area contributed by atoms with E-state index in [2.05, 4.69) is 25.5 Å². The third kappa shape index (κ3) is 3.71. The van der Waals surface area contributed by atoms with Gasteiger partial charge in [-0.3, -0.25) is 4.90 Å². The molecule has 0 aromatic carbocycles. The van der Waals surface area contributed by atoms with E-state index in [0.29, 0.717) is 11.9 Å². The van der Waals surface area contributed by atoms with E-state index in [1.165, 1.54) is 5.69 Å². The Hall–Kier alpha value is -1.92. The number of methoxy groups -OCH3 is 1.